The first-order valence-electron chi connectivity index (χ1n) is 10.1. The molecule has 1 fully saturated rings. The Kier molecular flexibility index (Phi) is 6.23. The van der Waals surface area contributed by atoms with Crippen LogP contribution in [0.3, 0.4) is 0 Å². The van der Waals surface area contributed by atoms with E-state index in [9.17, 15) is 26.7 Å². The fourth-order valence-corrected chi connectivity index (χ4v) is 5.01. The van der Waals surface area contributed by atoms with Crippen LogP contribution in [-0.2, 0) is 4.74 Å². The van der Waals surface area contributed by atoms with E-state index in [1.807, 2.05) is 0 Å². The van der Waals surface area contributed by atoms with E-state index in [4.69, 9.17) is 21.1 Å². The summed E-state index contributed by atoms with van der Waals surface area (Å²) in [5.74, 6) is -5.46. The Labute approximate surface area is 204 Å². The number of rotatable bonds is 3. The minimum absolute atomic E-state index is 0.0124. The number of aromatic amines is 1. The maximum atomic E-state index is 14.5. The van der Waals surface area contributed by atoms with Crippen molar-refractivity contribution in [1.82, 2.24) is 4.98 Å². The summed E-state index contributed by atoms with van der Waals surface area (Å²) in [6.07, 6.45) is -6.16. The van der Waals surface area contributed by atoms with Gasteiger partial charge in [0.15, 0.2) is 22.6 Å². The molecule has 1 saturated heterocycles. The zero-order chi connectivity index (χ0) is 25.2. The van der Waals surface area contributed by atoms with Crippen LogP contribution in [-0.4, -0.2) is 23.9 Å². The Morgan fingerprint density at radius 3 is 2.50 bits per heavy atom. The van der Waals surface area contributed by atoms with Gasteiger partial charge in [0.25, 0.3) is 0 Å². The molecule has 2 aromatic carbocycles. The van der Waals surface area contributed by atoms with Crippen LogP contribution in [0.1, 0.15) is 37.1 Å². The van der Waals surface area contributed by atoms with Gasteiger partial charge in [-0.15, -0.1) is 0 Å². The summed E-state index contributed by atoms with van der Waals surface area (Å²) in [6.45, 7) is 2.20. The Bertz CT molecular complexity index is 1340. The van der Waals surface area contributed by atoms with Crippen molar-refractivity contribution in [2.75, 3.05) is 7.11 Å². The first kappa shape index (κ1) is 24.9. The molecule has 1 aliphatic heterocycles. The summed E-state index contributed by atoms with van der Waals surface area (Å²) in [5.41, 5.74) is -2.83. The predicted octanol–water partition coefficient (Wildman–Crippen LogP) is 7.04. The standard InChI is InChI=1S/C23H18BrClF5NO3/c1-9-18(10-4-5-14(26)19(27)20(10)33-3)21(34-22(9,2)23(28,29)30)16-8-17(32)11-6-12(24)13(25)7-15(11)31-16/h4-9,18,21H,1-3H3,(H,31,32)/t9-,18-,21-,22+/m0/s1. The molecule has 0 bridgehead atoms. The lowest BCUT2D eigenvalue weighted by Crippen LogP contribution is -2.46. The van der Waals surface area contributed by atoms with E-state index >= 15 is 0 Å². The molecule has 1 N–H and O–H groups in total. The van der Waals surface area contributed by atoms with E-state index in [0.29, 0.717) is 4.47 Å². The molecule has 1 aliphatic rings. The maximum Gasteiger partial charge on any atom is 0.417 e. The lowest BCUT2D eigenvalue weighted by atomic mass is 9.76. The highest BCUT2D eigenvalue weighted by atomic mass is 79.9. The molecular weight excluding hydrogens is 549 g/mol. The molecule has 2 heterocycles. The van der Waals surface area contributed by atoms with Crippen molar-refractivity contribution < 1.29 is 31.4 Å². The zero-order valence-electron chi connectivity index (χ0n) is 18.0. The van der Waals surface area contributed by atoms with Crippen LogP contribution >= 0.6 is 27.5 Å². The van der Waals surface area contributed by atoms with Crippen LogP contribution in [0.25, 0.3) is 10.9 Å². The Hall–Kier alpha value is -2.17. The summed E-state index contributed by atoms with van der Waals surface area (Å²) < 4.78 is 81.9. The third-order valence-corrected chi connectivity index (χ3v) is 7.71. The van der Waals surface area contributed by atoms with Gasteiger partial charge < -0.3 is 14.5 Å². The molecule has 0 aliphatic carbocycles. The predicted molar refractivity (Wildman–Crippen MR) is 120 cm³/mol. The van der Waals surface area contributed by atoms with Gasteiger partial charge in [0.2, 0.25) is 5.82 Å². The number of methoxy groups -OCH3 is 1. The number of H-pyrrole nitrogens is 1. The van der Waals surface area contributed by atoms with E-state index in [-0.39, 0.29) is 27.2 Å². The molecule has 0 unspecified atom stereocenters. The van der Waals surface area contributed by atoms with Gasteiger partial charge in [-0.25, -0.2) is 4.39 Å². The van der Waals surface area contributed by atoms with Gasteiger partial charge in [-0.2, -0.15) is 17.6 Å². The molecule has 0 saturated carbocycles. The molecule has 0 amide bonds. The summed E-state index contributed by atoms with van der Waals surface area (Å²) in [4.78, 5) is 15.8. The minimum atomic E-state index is -4.80. The highest BCUT2D eigenvalue weighted by Crippen LogP contribution is 2.59. The number of alkyl halides is 3. The van der Waals surface area contributed by atoms with Crippen molar-refractivity contribution in [2.45, 2.75) is 37.6 Å². The first-order valence-corrected chi connectivity index (χ1v) is 11.3. The average molecular weight is 567 g/mol. The Morgan fingerprint density at radius 1 is 1.21 bits per heavy atom. The van der Waals surface area contributed by atoms with Crippen molar-refractivity contribution in [3.63, 3.8) is 0 Å². The van der Waals surface area contributed by atoms with Gasteiger partial charge in [0.05, 0.1) is 17.6 Å². The number of benzene rings is 2. The molecule has 4 rings (SSSR count). The molecule has 1 aromatic heterocycles. The summed E-state index contributed by atoms with van der Waals surface area (Å²) in [5, 5.41) is 0.534. The number of hydrogen-bond acceptors (Lipinski definition) is 3. The minimum Gasteiger partial charge on any atom is -0.493 e. The van der Waals surface area contributed by atoms with Crippen LogP contribution < -0.4 is 10.2 Å². The lowest BCUT2D eigenvalue weighted by Gasteiger charge is -2.32. The third kappa shape index (κ3) is 3.79. The number of pyridine rings is 1. The fraction of sp³-hybridized carbons (Fsp3) is 0.348. The fourth-order valence-electron chi connectivity index (χ4n) is 4.50. The van der Waals surface area contributed by atoms with E-state index in [1.165, 1.54) is 25.1 Å². The molecule has 4 atom stereocenters. The number of halogens is 7. The number of fused-ring (bicyclic) bond motifs is 1. The van der Waals surface area contributed by atoms with E-state index < -0.39 is 52.5 Å². The summed E-state index contributed by atoms with van der Waals surface area (Å²) in [6, 6.07) is 6.08. The van der Waals surface area contributed by atoms with E-state index in [0.717, 1.165) is 26.2 Å². The second-order valence-electron chi connectivity index (χ2n) is 8.34. The Morgan fingerprint density at radius 2 is 1.88 bits per heavy atom. The highest BCUT2D eigenvalue weighted by Gasteiger charge is 2.65. The van der Waals surface area contributed by atoms with Gasteiger partial charge in [0, 0.05) is 39.0 Å². The molecule has 0 spiro atoms. The summed E-state index contributed by atoms with van der Waals surface area (Å²) >= 11 is 9.37. The molecule has 182 valence electrons. The molecular formula is C23H18BrClF5NO3. The molecule has 0 radical (unpaired) electrons. The third-order valence-electron chi connectivity index (χ3n) is 6.51. The average Bonchev–Trinajstić information content (AvgIpc) is 3.03. The Balaban J connectivity index is 1.97. The second-order valence-corrected chi connectivity index (χ2v) is 9.60. The van der Waals surface area contributed by atoms with Gasteiger partial charge in [-0.1, -0.05) is 24.6 Å². The van der Waals surface area contributed by atoms with Crippen molar-refractivity contribution in [1.29, 1.82) is 0 Å². The number of nitrogens with one attached hydrogen (secondary N) is 1. The lowest BCUT2D eigenvalue weighted by molar-refractivity contribution is -0.275. The van der Waals surface area contributed by atoms with Crippen LogP contribution in [0.2, 0.25) is 5.02 Å². The molecule has 4 nitrogen and oxygen atoms in total. The largest absolute Gasteiger partial charge is 0.493 e. The van der Waals surface area contributed by atoms with Gasteiger partial charge in [0.1, 0.15) is 6.10 Å². The maximum absolute atomic E-state index is 14.5. The second kappa shape index (κ2) is 8.49. The zero-order valence-corrected chi connectivity index (χ0v) is 20.3. The van der Waals surface area contributed by atoms with Crippen molar-refractivity contribution >= 4 is 38.4 Å². The topological polar surface area (TPSA) is 51.3 Å². The van der Waals surface area contributed by atoms with Gasteiger partial charge >= 0.3 is 6.18 Å². The van der Waals surface area contributed by atoms with Crippen molar-refractivity contribution in [3.05, 3.63) is 72.9 Å². The van der Waals surface area contributed by atoms with E-state index in [1.54, 1.807) is 0 Å². The highest BCUT2D eigenvalue weighted by molar-refractivity contribution is 9.10. The van der Waals surface area contributed by atoms with Crippen molar-refractivity contribution in [2.24, 2.45) is 5.92 Å². The smallest absolute Gasteiger partial charge is 0.417 e. The van der Waals surface area contributed by atoms with E-state index in [2.05, 4.69) is 20.9 Å². The van der Waals surface area contributed by atoms with Gasteiger partial charge in [-0.05, 0) is 41.1 Å². The van der Waals surface area contributed by atoms with Crippen LogP contribution in [0.5, 0.6) is 5.75 Å². The van der Waals surface area contributed by atoms with Crippen molar-refractivity contribution in [3.8, 4) is 5.75 Å². The van der Waals surface area contributed by atoms with Crippen LogP contribution in [0.4, 0.5) is 22.0 Å². The molecule has 34 heavy (non-hydrogen) atoms. The SMILES string of the molecule is COc1c([C@H]2[C@H](c3cc(=O)c4cc(Br)c(Cl)cc4[nH]3)O[C@@](C)(C(F)(F)F)[C@H]2C)ccc(F)c1F. The first-order chi connectivity index (χ1) is 15.8. The monoisotopic (exact) mass is 565 g/mol. The number of aromatic nitrogens is 1. The normalized spacial score (nSPS) is 25.2. The number of hydrogen-bond donors (Lipinski definition) is 1. The van der Waals surface area contributed by atoms with Crippen LogP contribution in [0, 0.1) is 17.6 Å². The molecule has 3 aromatic rings. The number of ether oxygens (including phenoxy) is 2. The van der Waals surface area contributed by atoms with Crippen LogP contribution in [0.15, 0.2) is 39.6 Å². The summed E-state index contributed by atoms with van der Waals surface area (Å²) in [7, 11) is 1.09. The molecule has 11 heteroatoms. The van der Waals surface area contributed by atoms with Gasteiger partial charge in [-0.3, -0.25) is 4.79 Å². The quantitative estimate of drug-likeness (QED) is 0.346.